The van der Waals surface area contributed by atoms with Crippen LogP contribution < -0.4 is 10.1 Å². The third-order valence-electron chi connectivity index (χ3n) is 2.60. The Balaban J connectivity index is 2.43. The number of hydrogen-bond acceptors (Lipinski definition) is 5. The van der Waals surface area contributed by atoms with Gasteiger partial charge in [0.15, 0.2) is 9.84 Å². The molecule has 0 saturated heterocycles. The van der Waals surface area contributed by atoms with E-state index in [0.29, 0.717) is 5.75 Å². The van der Waals surface area contributed by atoms with E-state index >= 15 is 0 Å². The molecule has 8 heteroatoms. The van der Waals surface area contributed by atoms with Crippen LogP contribution in [0.4, 0.5) is 0 Å². The van der Waals surface area contributed by atoms with Crippen molar-refractivity contribution in [3.8, 4) is 5.75 Å². The number of hydrogen-bond donors (Lipinski definition) is 2. The first kappa shape index (κ1) is 17.0. The van der Waals surface area contributed by atoms with Crippen LogP contribution in [0.5, 0.6) is 5.75 Å². The number of carboxylic acid groups (broad SMARTS) is 1. The van der Waals surface area contributed by atoms with Gasteiger partial charge in [0.2, 0.25) is 5.91 Å². The van der Waals surface area contributed by atoms with Crippen LogP contribution >= 0.6 is 0 Å². The summed E-state index contributed by atoms with van der Waals surface area (Å²) in [6, 6.07) is 4.86. The third kappa shape index (κ3) is 5.82. The minimum absolute atomic E-state index is 0.00540. The number of sulfone groups is 1. The summed E-state index contributed by atoms with van der Waals surface area (Å²) in [4.78, 5) is 22.1. The van der Waals surface area contributed by atoms with Crippen LogP contribution in [0.15, 0.2) is 29.2 Å². The van der Waals surface area contributed by atoms with Gasteiger partial charge in [0.25, 0.3) is 0 Å². The molecule has 0 aliphatic carbocycles. The summed E-state index contributed by atoms with van der Waals surface area (Å²) in [5, 5.41) is 10.9. The van der Waals surface area contributed by atoms with Crippen LogP contribution in [0.3, 0.4) is 0 Å². The predicted octanol–water partition coefficient (Wildman–Crippen LogP) is 0.448. The maximum atomic E-state index is 11.4. The van der Waals surface area contributed by atoms with Crippen molar-refractivity contribution in [1.29, 1.82) is 0 Å². The Hall–Kier alpha value is -2.09. The molecule has 0 heterocycles. The molecule has 2 N–H and O–H groups in total. The van der Waals surface area contributed by atoms with Crippen molar-refractivity contribution >= 4 is 21.7 Å². The summed E-state index contributed by atoms with van der Waals surface area (Å²) in [6.45, 7) is 1.43. The lowest BCUT2D eigenvalue weighted by Crippen LogP contribution is -2.38. The number of amides is 1. The van der Waals surface area contributed by atoms with Gasteiger partial charge in [-0.2, -0.15) is 0 Å². The molecule has 0 fully saturated rings. The minimum Gasteiger partial charge on any atom is -0.493 e. The van der Waals surface area contributed by atoms with E-state index in [2.05, 4.69) is 5.32 Å². The number of carboxylic acids is 1. The van der Waals surface area contributed by atoms with Gasteiger partial charge in [-0.05, 0) is 31.2 Å². The van der Waals surface area contributed by atoms with E-state index in [1.165, 1.54) is 31.2 Å². The molecule has 0 aromatic heterocycles. The van der Waals surface area contributed by atoms with Crippen LogP contribution in [-0.4, -0.2) is 44.3 Å². The largest absolute Gasteiger partial charge is 0.493 e. The van der Waals surface area contributed by atoms with Gasteiger partial charge in [-0.3, -0.25) is 9.59 Å². The number of aliphatic carboxylic acids is 1. The molecule has 0 radical (unpaired) electrons. The molecular weight excluding hydrogens is 298 g/mol. The average Bonchev–Trinajstić information content (AvgIpc) is 2.38. The van der Waals surface area contributed by atoms with Crippen LogP contribution in [0.1, 0.15) is 13.3 Å². The van der Waals surface area contributed by atoms with Crippen molar-refractivity contribution in [2.75, 3.05) is 12.9 Å². The molecule has 0 saturated carbocycles. The zero-order valence-corrected chi connectivity index (χ0v) is 12.5. The predicted molar refractivity (Wildman–Crippen MR) is 74.9 cm³/mol. The Labute approximate surface area is 122 Å². The van der Waals surface area contributed by atoms with E-state index < -0.39 is 27.8 Å². The van der Waals surface area contributed by atoms with Crippen molar-refractivity contribution in [3.63, 3.8) is 0 Å². The zero-order valence-electron chi connectivity index (χ0n) is 11.7. The highest BCUT2D eigenvalue weighted by Gasteiger charge is 2.13. The van der Waals surface area contributed by atoms with E-state index in [1.54, 1.807) is 0 Å². The van der Waals surface area contributed by atoms with Gasteiger partial charge in [-0.1, -0.05) is 0 Å². The molecule has 0 aliphatic heterocycles. The fourth-order valence-corrected chi connectivity index (χ4v) is 2.05. The molecule has 1 rings (SSSR count). The van der Waals surface area contributed by atoms with Gasteiger partial charge in [0.05, 0.1) is 17.9 Å². The summed E-state index contributed by atoms with van der Waals surface area (Å²) in [6.07, 6.45) is 1.11. The second-order valence-electron chi connectivity index (χ2n) is 4.47. The van der Waals surface area contributed by atoms with Crippen molar-refractivity contribution < 1.29 is 27.9 Å². The number of rotatable bonds is 7. The van der Waals surface area contributed by atoms with Crippen LogP contribution in [0, 0.1) is 0 Å². The first-order valence-corrected chi connectivity index (χ1v) is 8.04. The SMILES string of the molecule is C[C@@H](NC(=O)CCOc1ccc(S(C)(=O)=O)cc1)C(=O)O. The number of carbonyl (C=O) groups excluding carboxylic acids is 1. The first-order valence-electron chi connectivity index (χ1n) is 6.15. The Bertz CT molecular complexity index is 608. The molecule has 0 aliphatic rings. The lowest BCUT2D eigenvalue weighted by molar-refractivity contribution is -0.141. The second kappa shape index (κ2) is 7.07. The van der Waals surface area contributed by atoms with Crippen LogP contribution in [0.25, 0.3) is 0 Å². The Kier molecular flexibility index (Phi) is 5.71. The number of benzene rings is 1. The van der Waals surface area contributed by atoms with Gasteiger partial charge in [0.1, 0.15) is 11.8 Å². The molecule has 0 bridgehead atoms. The van der Waals surface area contributed by atoms with Gasteiger partial charge in [-0.15, -0.1) is 0 Å². The van der Waals surface area contributed by atoms with E-state index in [4.69, 9.17) is 9.84 Å². The van der Waals surface area contributed by atoms with Crippen molar-refractivity contribution in [1.82, 2.24) is 5.32 Å². The fourth-order valence-electron chi connectivity index (χ4n) is 1.42. The van der Waals surface area contributed by atoms with Crippen LogP contribution in [0.2, 0.25) is 0 Å². The van der Waals surface area contributed by atoms with Crippen molar-refractivity contribution in [2.45, 2.75) is 24.3 Å². The molecule has 1 aromatic rings. The molecule has 0 spiro atoms. The summed E-state index contributed by atoms with van der Waals surface area (Å²) in [5.74, 6) is -1.11. The highest BCUT2D eigenvalue weighted by Crippen LogP contribution is 2.15. The number of nitrogens with one attached hydrogen (secondary N) is 1. The molecule has 21 heavy (non-hydrogen) atoms. The molecule has 7 nitrogen and oxygen atoms in total. The number of carbonyl (C=O) groups is 2. The summed E-state index contributed by atoms with van der Waals surface area (Å²) in [5.41, 5.74) is 0. The zero-order chi connectivity index (χ0) is 16.0. The van der Waals surface area contributed by atoms with Crippen molar-refractivity contribution in [2.24, 2.45) is 0 Å². The Morgan fingerprint density at radius 1 is 1.29 bits per heavy atom. The lowest BCUT2D eigenvalue weighted by Gasteiger charge is -2.10. The van der Waals surface area contributed by atoms with Gasteiger partial charge < -0.3 is 15.2 Å². The second-order valence-corrected chi connectivity index (χ2v) is 6.49. The maximum Gasteiger partial charge on any atom is 0.325 e. The minimum atomic E-state index is -3.25. The van der Waals surface area contributed by atoms with E-state index in [9.17, 15) is 18.0 Å². The van der Waals surface area contributed by atoms with Crippen LogP contribution in [-0.2, 0) is 19.4 Å². The van der Waals surface area contributed by atoms with E-state index in [-0.39, 0.29) is 17.9 Å². The topological polar surface area (TPSA) is 110 Å². The standard InChI is InChI=1S/C13H17NO6S/c1-9(13(16)17)14-12(15)7-8-20-10-3-5-11(6-4-10)21(2,18)19/h3-6,9H,7-8H2,1-2H3,(H,14,15)(H,16,17)/t9-/m1/s1. The Morgan fingerprint density at radius 3 is 2.33 bits per heavy atom. The van der Waals surface area contributed by atoms with Gasteiger partial charge in [-0.25, -0.2) is 8.42 Å². The van der Waals surface area contributed by atoms with Gasteiger partial charge in [0, 0.05) is 6.26 Å². The maximum absolute atomic E-state index is 11.4. The molecule has 1 aromatic carbocycles. The molecule has 116 valence electrons. The summed E-state index contributed by atoms with van der Waals surface area (Å²) >= 11 is 0. The summed E-state index contributed by atoms with van der Waals surface area (Å²) in [7, 11) is -3.25. The van der Waals surface area contributed by atoms with Crippen molar-refractivity contribution in [3.05, 3.63) is 24.3 Å². The highest BCUT2D eigenvalue weighted by atomic mass is 32.2. The lowest BCUT2D eigenvalue weighted by atomic mass is 10.3. The van der Waals surface area contributed by atoms with Gasteiger partial charge >= 0.3 is 5.97 Å². The third-order valence-corrected chi connectivity index (χ3v) is 3.73. The summed E-state index contributed by atoms with van der Waals surface area (Å²) < 4.78 is 27.8. The quantitative estimate of drug-likeness (QED) is 0.756. The highest BCUT2D eigenvalue weighted by molar-refractivity contribution is 7.90. The molecule has 1 atom stereocenters. The fraction of sp³-hybridized carbons (Fsp3) is 0.385. The molecule has 0 unspecified atom stereocenters. The Morgan fingerprint density at radius 2 is 1.86 bits per heavy atom. The molecule has 1 amide bonds. The normalized spacial score (nSPS) is 12.5. The first-order chi connectivity index (χ1) is 9.70. The monoisotopic (exact) mass is 315 g/mol. The van der Waals surface area contributed by atoms with E-state index in [0.717, 1.165) is 6.26 Å². The molecular formula is C13H17NO6S. The smallest absolute Gasteiger partial charge is 0.325 e. The number of ether oxygens (including phenoxy) is 1. The van der Waals surface area contributed by atoms with E-state index in [1.807, 2.05) is 0 Å². The average molecular weight is 315 g/mol.